The van der Waals surface area contributed by atoms with Crippen LogP contribution in [0.5, 0.6) is 0 Å². The molecule has 0 saturated carbocycles. The number of benzene rings is 1. The zero-order chi connectivity index (χ0) is 17.0. The lowest BCUT2D eigenvalue weighted by molar-refractivity contribution is -0.384. The lowest BCUT2D eigenvalue weighted by Crippen LogP contribution is -2.41. The molecule has 0 atom stereocenters. The standard InChI is InChI=1S/C14H17ClF3N3O2/c15-12-7-11(21(22)23)1-2-13(12)19-8-10-3-5-20(6-4-10)9-14(16,17)18/h1-2,7,10,19H,3-6,8-9H2. The summed E-state index contributed by atoms with van der Waals surface area (Å²) in [6, 6.07) is 4.18. The van der Waals surface area contributed by atoms with Gasteiger partial charge in [-0.1, -0.05) is 11.6 Å². The lowest BCUT2D eigenvalue weighted by atomic mass is 9.96. The van der Waals surface area contributed by atoms with Crippen LogP contribution >= 0.6 is 11.6 Å². The second-order valence-electron chi connectivity index (χ2n) is 5.64. The first-order valence-corrected chi connectivity index (χ1v) is 7.59. The largest absolute Gasteiger partial charge is 0.401 e. The molecular formula is C14H17ClF3N3O2. The van der Waals surface area contributed by atoms with E-state index in [1.807, 2.05) is 0 Å². The van der Waals surface area contributed by atoms with E-state index < -0.39 is 17.6 Å². The molecule has 9 heteroatoms. The van der Waals surface area contributed by atoms with Gasteiger partial charge in [-0.05, 0) is 37.9 Å². The minimum Gasteiger partial charge on any atom is -0.384 e. The van der Waals surface area contributed by atoms with Gasteiger partial charge in [0.25, 0.3) is 5.69 Å². The van der Waals surface area contributed by atoms with Crippen molar-refractivity contribution in [3.8, 4) is 0 Å². The van der Waals surface area contributed by atoms with Crippen LogP contribution in [0.1, 0.15) is 12.8 Å². The summed E-state index contributed by atoms with van der Waals surface area (Å²) in [4.78, 5) is 11.5. The summed E-state index contributed by atoms with van der Waals surface area (Å²) in [5.74, 6) is 0.255. The number of likely N-dealkylation sites (tertiary alicyclic amines) is 1. The summed E-state index contributed by atoms with van der Waals surface area (Å²) in [5, 5.41) is 14.0. The molecule has 0 radical (unpaired) electrons. The maximum Gasteiger partial charge on any atom is 0.401 e. The van der Waals surface area contributed by atoms with Gasteiger partial charge in [0.05, 0.1) is 22.2 Å². The van der Waals surface area contributed by atoms with Crippen LogP contribution in [0, 0.1) is 16.0 Å². The molecule has 2 rings (SSSR count). The van der Waals surface area contributed by atoms with Gasteiger partial charge in [-0.2, -0.15) is 13.2 Å². The fraction of sp³-hybridized carbons (Fsp3) is 0.571. The third-order valence-electron chi connectivity index (χ3n) is 3.85. The highest BCUT2D eigenvalue weighted by Crippen LogP contribution is 2.28. The van der Waals surface area contributed by atoms with E-state index in [1.54, 1.807) is 6.07 Å². The van der Waals surface area contributed by atoms with Crippen molar-refractivity contribution in [2.24, 2.45) is 5.92 Å². The molecule has 128 valence electrons. The first-order valence-electron chi connectivity index (χ1n) is 7.21. The monoisotopic (exact) mass is 351 g/mol. The maximum absolute atomic E-state index is 12.3. The molecule has 1 fully saturated rings. The SMILES string of the molecule is O=[N+]([O-])c1ccc(NCC2CCN(CC(F)(F)F)CC2)c(Cl)c1. The molecule has 0 unspecified atom stereocenters. The Hall–Kier alpha value is -1.54. The highest BCUT2D eigenvalue weighted by atomic mass is 35.5. The molecule has 5 nitrogen and oxygen atoms in total. The first-order chi connectivity index (χ1) is 10.7. The number of hydrogen-bond donors (Lipinski definition) is 1. The van der Waals surface area contributed by atoms with Crippen molar-refractivity contribution in [2.75, 3.05) is 31.5 Å². The van der Waals surface area contributed by atoms with Crippen molar-refractivity contribution < 1.29 is 18.1 Å². The average molecular weight is 352 g/mol. The molecule has 1 aliphatic rings. The molecule has 1 saturated heterocycles. The Bertz CT molecular complexity index is 561. The normalized spacial score (nSPS) is 17.2. The van der Waals surface area contributed by atoms with Gasteiger partial charge in [-0.25, -0.2) is 0 Å². The molecule has 0 amide bonds. The van der Waals surface area contributed by atoms with Crippen LogP contribution in [0.25, 0.3) is 0 Å². The van der Waals surface area contributed by atoms with Gasteiger partial charge in [0, 0.05) is 18.7 Å². The van der Waals surface area contributed by atoms with E-state index in [4.69, 9.17) is 11.6 Å². The van der Waals surface area contributed by atoms with E-state index in [0.29, 0.717) is 38.2 Å². The average Bonchev–Trinajstić information content (AvgIpc) is 2.45. The van der Waals surface area contributed by atoms with Gasteiger partial charge in [0.2, 0.25) is 0 Å². The fourth-order valence-electron chi connectivity index (χ4n) is 2.62. The first kappa shape index (κ1) is 17.8. The van der Waals surface area contributed by atoms with Crippen molar-refractivity contribution in [3.05, 3.63) is 33.3 Å². The number of nitrogens with zero attached hydrogens (tertiary/aromatic N) is 2. The van der Waals surface area contributed by atoms with Crippen LogP contribution in [0.15, 0.2) is 18.2 Å². The number of hydrogen-bond acceptors (Lipinski definition) is 4. The summed E-state index contributed by atoms with van der Waals surface area (Å²) >= 11 is 5.99. The van der Waals surface area contributed by atoms with E-state index in [9.17, 15) is 23.3 Å². The van der Waals surface area contributed by atoms with Gasteiger partial charge in [0.15, 0.2) is 0 Å². The minimum atomic E-state index is -4.16. The Balaban J connectivity index is 1.80. The van der Waals surface area contributed by atoms with E-state index in [-0.39, 0.29) is 16.6 Å². The second-order valence-corrected chi connectivity index (χ2v) is 6.04. The van der Waals surface area contributed by atoms with E-state index in [1.165, 1.54) is 17.0 Å². The van der Waals surface area contributed by atoms with Crippen molar-refractivity contribution in [1.29, 1.82) is 0 Å². The zero-order valence-electron chi connectivity index (χ0n) is 12.3. The Labute approximate surface area is 136 Å². The summed E-state index contributed by atoms with van der Waals surface area (Å²) < 4.78 is 37.0. The molecule has 0 spiro atoms. The maximum atomic E-state index is 12.3. The molecule has 1 aromatic carbocycles. The Morgan fingerprint density at radius 3 is 2.52 bits per heavy atom. The van der Waals surface area contributed by atoms with Gasteiger partial charge in [-0.15, -0.1) is 0 Å². The number of anilines is 1. The lowest BCUT2D eigenvalue weighted by Gasteiger charge is -2.32. The van der Waals surface area contributed by atoms with Gasteiger partial charge >= 0.3 is 6.18 Å². The number of piperidine rings is 1. The second kappa shape index (κ2) is 7.35. The van der Waals surface area contributed by atoms with E-state index in [2.05, 4.69) is 5.32 Å². The number of halogens is 4. The van der Waals surface area contributed by atoms with Crippen LogP contribution in [-0.2, 0) is 0 Å². The quantitative estimate of drug-likeness (QED) is 0.645. The van der Waals surface area contributed by atoms with Crippen LogP contribution < -0.4 is 5.32 Å². The topological polar surface area (TPSA) is 58.4 Å². The molecule has 1 aromatic rings. The van der Waals surface area contributed by atoms with Crippen molar-refractivity contribution in [1.82, 2.24) is 4.90 Å². The zero-order valence-corrected chi connectivity index (χ0v) is 13.0. The van der Waals surface area contributed by atoms with Crippen LogP contribution in [0.2, 0.25) is 5.02 Å². The minimum absolute atomic E-state index is 0.0824. The van der Waals surface area contributed by atoms with Crippen molar-refractivity contribution >= 4 is 23.0 Å². The molecule has 23 heavy (non-hydrogen) atoms. The number of nitro benzene ring substituents is 1. The van der Waals surface area contributed by atoms with Crippen LogP contribution in [0.4, 0.5) is 24.5 Å². The Morgan fingerprint density at radius 2 is 2.00 bits per heavy atom. The van der Waals surface area contributed by atoms with Gasteiger partial charge in [0.1, 0.15) is 0 Å². The highest BCUT2D eigenvalue weighted by Gasteiger charge is 2.32. The Kier molecular flexibility index (Phi) is 5.69. The van der Waals surface area contributed by atoms with Crippen LogP contribution in [0.3, 0.4) is 0 Å². The van der Waals surface area contributed by atoms with Crippen molar-refractivity contribution in [3.63, 3.8) is 0 Å². The molecule has 0 bridgehead atoms. The van der Waals surface area contributed by atoms with Crippen LogP contribution in [-0.4, -0.2) is 42.2 Å². The highest BCUT2D eigenvalue weighted by molar-refractivity contribution is 6.33. The molecular weight excluding hydrogens is 335 g/mol. The summed E-state index contributed by atoms with van der Waals surface area (Å²) in [6.45, 7) is 0.554. The predicted octanol–water partition coefficient (Wildman–Crippen LogP) is 3.93. The third kappa shape index (κ3) is 5.54. The molecule has 0 aliphatic carbocycles. The Morgan fingerprint density at radius 1 is 1.35 bits per heavy atom. The van der Waals surface area contributed by atoms with Gasteiger partial charge in [-0.3, -0.25) is 15.0 Å². The molecule has 1 aliphatic heterocycles. The predicted molar refractivity (Wildman–Crippen MR) is 81.8 cm³/mol. The number of non-ortho nitro benzene ring substituents is 1. The summed E-state index contributed by atoms with van der Waals surface area (Å²) in [5.41, 5.74) is 0.510. The number of rotatable bonds is 5. The smallest absolute Gasteiger partial charge is 0.384 e. The van der Waals surface area contributed by atoms with Gasteiger partial charge < -0.3 is 5.32 Å². The molecule has 1 heterocycles. The summed E-state index contributed by atoms with van der Waals surface area (Å²) in [7, 11) is 0. The van der Waals surface area contributed by atoms with E-state index in [0.717, 1.165) is 0 Å². The summed E-state index contributed by atoms with van der Waals surface area (Å²) in [6.07, 6.45) is -2.81. The molecule has 1 N–H and O–H groups in total. The van der Waals surface area contributed by atoms with Crippen molar-refractivity contribution in [2.45, 2.75) is 19.0 Å². The number of nitro groups is 1. The number of nitrogens with one attached hydrogen (secondary N) is 1. The third-order valence-corrected chi connectivity index (χ3v) is 4.17. The number of alkyl halides is 3. The molecule has 0 aromatic heterocycles. The van der Waals surface area contributed by atoms with E-state index >= 15 is 0 Å². The fourth-order valence-corrected chi connectivity index (χ4v) is 2.86.